The largest absolute Gasteiger partial charge is 0.393 e. The average molecular weight is 280 g/mol. The molecule has 4 aliphatic rings. The van der Waals surface area contributed by atoms with Crippen LogP contribution < -0.4 is 0 Å². The van der Waals surface area contributed by atoms with Crippen LogP contribution in [0.4, 0.5) is 0 Å². The van der Waals surface area contributed by atoms with Gasteiger partial charge in [-0.05, 0) is 74.0 Å². The molecule has 20 heavy (non-hydrogen) atoms. The van der Waals surface area contributed by atoms with E-state index < -0.39 is 12.2 Å². The maximum absolute atomic E-state index is 10.7. The van der Waals surface area contributed by atoms with Gasteiger partial charge in [0, 0.05) is 0 Å². The van der Waals surface area contributed by atoms with E-state index in [2.05, 4.69) is 0 Å². The molecule has 0 saturated heterocycles. The summed E-state index contributed by atoms with van der Waals surface area (Å²) in [6, 6.07) is 0. The summed E-state index contributed by atoms with van der Waals surface area (Å²) in [6.07, 6.45) is 7.71. The Morgan fingerprint density at radius 1 is 0.600 bits per heavy atom. The van der Waals surface area contributed by atoms with Crippen LogP contribution in [0.1, 0.15) is 51.4 Å². The molecule has 0 aromatic carbocycles. The third-order valence-electron chi connectivity index (χ3n) is 7.24. The van der Waals surface area contributed by atoms with Gasteiger partial charge < -0.3 is 15.3 Å². The van der Waals surface area contributed by atoms with E-state index in [1.54, 1.807) is 0 Å². The van der Waals surface area contributed by atoms with Crippen LogP contribution in [0.25, 0.3) is 0 Å². The van der Waals surface area contributed by atoms with Gasteiger partial charge in [-0.3, -0.25) is 0 Å². The maximum Gasteiger partial charge on any atom is 0.0835 e. The van der Waals surface area contributed by atoms with Crippen LogP contribution in [0.2, 0.25) is 0 Å². The van der Waals surface area contributed by atoms with Crippen molar-refractivity contribution in [1.29, 1.82) is 0 Å². The molecule has 4 fully saturated rings. The summed E-state index contributed by atoms with van der Waals surface area (Å²) in [5.41, 5.74) is 0. The predicted molar refractivity (Wildman–Crippen MR) is 75.9 cm³/mol. The smallest absolute Gasteiger partial charge is 0.0835 e. The van der Waals surface area contributed by atoms with Crippen LogP contribution >= 0.6 is 0 Å². The normalized spacial score (nSPS) is 58.6. The predicted octanol–water partition coefficient (Wildman–Crippen LogP) is 1.94. The average Bonchev–Trinajstić information content (AvgIpc) is 2.92. The van der Waals surface area contributed by atoms with Crippen molar-refractivity contribution in [2.24, 2.45) is 35.5 Å². The number of aliphatic hydroxyl groups excluding tert-OH is 3. The summed E-state index contributed by atoms with van der Waals surface area (Å²) < 4.78 is 0. The van der Waals surface area contributed by atoms with Crippen LogP contribution in [-0.4, -0.2) is 33.6 Å². The highest BCUT2D eigenvalue weighted by Gasteiger charge is 2.56. The van der Waals surface area contributed by atoms with Crippen molar-refractivity contribution in [2.45, 2.75) is 69.7 Å². The lowest BCUT2D eigenvalue weighted by Gasteiger charge is -2.56. The van der Waals surface area contributed by atoms with Gasteiger partial charge in [-0.1, -0.05) is 12.8 Å². The molecule has 0 amide bonds. The van der Waals surface area contributed by atoms with Crippen molar-refractivity contribution in [1.82, 2.24) is 0 Å². The minimum atomic E-state index is -0.601. The molecule has 114 valence electrons. The van der Waals surface area contributed by atoms with Crippen LogP contribution in [0.3, 0.4) is 0 Å². The Kier molecular flexibility index (Phi) is 3.36. The second kappa shape index (κ2) is 4.96. The highest BCUT2D eigenvalue weighted by molar-refractivity contribution is 5.05. The lowest BCUT2D eigenvalue weighted by atomic mass is 9.52. The van der Waals surface area contributed by atoms with Gasteiger partial charge in [-0.2, -0.15) is 0 Å². The SMILES string of the molecule is OC1CCC2C(C1)C(O)C(O)C1C3CCCC3CCC21. The van der Waals surface area contributed by atoms with Crippen molar-refractivity contribution >= 4 is 0 Å². The van der Waals surface area contributed by atoms with Crippen LogP contribution in [0, 0.1) is 35.5 Å². The molecule has 0 radical (unpaired) electrons. The summed E-state index contributed by atoms with van der Waals surface area (Å²) in [7, 11) is 0. The van der Waals surface area contributed by atoms with Crippen molar-refractivity contribution in [3.63, 3.8) is 0 Å². The molecule has 3 nitrogen and oxygen atoms in total. The molecule has 9 atom stereocenters. The van der Waals surface area contributed by atoms with Gasteiger partial charge in [0.25, 0.3) is 0 Å². The Labute approximate surface area is 121 Å². The number of aliphatic hydroxyl groups is 3. The lowest BCUT2D eigenvalue weighted by molar-refractivity contribution is -0.176. The summed E-state index contributed by atoms with van der Waals surface area (Å²) in [6.45, 7) is 0. The minimum Gasteiger partial charge on any atom is -0.393 e. The van der Waals surface area contributed by atoms with Gasteiger partial charge in [-0.25, -0.2) is 0 Å². The van der Waals surface area contributed by atoms with E-state index in [1.807, 2.05) is 0 Å². The van der Waals surface area contributed by atoms with Crippen molar-refractivity contribution in [2.75, 3.05) is 0 Å². The number of hydrogen-bond donors (Lipinski definition) is 3. The third-order valence-corrected chi connectivity index (χ3v) is 7.24. The summed E-state index contributed by atoms with van der Waals surface area (Å²) in [5.74, 6) is 3.08. The molecular formula is C17H28O3. The maximum atomic E-state index is 10.7. The van der Waals surface area contributed by atoms with E-state index in [-0.39, 0.29) is 12.0 Å². The molecule has 4 aliphatic carbocycles. The second-order valence-electron chi connectivity index (χ2n) is 7.95. The summed E-state index contributed by atoms with van der Waals surface area (Å²) >= 11 is 0. The number of rotatable bonds is 0. The van der Waals surface area contributed by atoms with Crippen LogP contribution in [0.5, 0.6) is 0 Å². The quantitative estimate of drug-likeness (QED) is 0.635. The molecule has 3 N–H and O–H groups in total. The molecule has 0 bridgehead atoms. The van der Waals surface area contributed by atoms with E-state index in [1.165, 1.54) is 32.1 Å². The first-order valence-electron chi connectivity index (χ1n) is 8.71. The Balaban J connectivity index is 1.63. The molecule has 0 spiro atoms. The fraction of sp³-hybridized carbons (Fsp3) is 1.00. The molecule has 0 aromatic heterocycles. The minimum absolute atomic E-state index is 0.132. The highest BCUT2D eigenvalue weighted by Crippen LogP contribution is 2.57. The summed E-state index contributed by atoms with van der Waals surface area (Å²) in [4.78, 5) is 0. The second-order valence-corrected chi connectivity index (χ2v) is 7.95. The molecule has 9 unspecified atom stereocenters. The van der Waals surface area contributed by atoms with E-state index >= 15 is 0 Å². The van der Waals surface area contributed by atoms with Crippen LogP contribution in [0.15, 0.2) is 0 Å². The molecule has 3 heteroatoms. The Bertz CT molecular complexity index is 371. The standard InChI is InChI=1S/C17H28O3/c18-10-5-7-12-13-6-4-9-2-1-3-11(9)15(13)17(20)16(19)14(12)8-10/h9-20H,1-8H2. The van der Waals surface area contributed by atoms with E-state index in [4.69, 9.17) is 0 Å². The molecule has 0 aliphatic heterocycles. The Morgan fingerprint density at radius 2 is 1.40 bits per heavy atom. The fourth-order valence-corrected chi connectivity index (χ4v) is 6.46. The topological polar surface area (TPSA) is 60.7 Å². The molecular weight excluding hydrogens is 252 g/mol. The first-order chi connectivity index (χ1) is 9.66. The highest BCUT2D eigenvalue weighted by atomic mass is 16.3. The lowest BCUT2D eigenvalue weighted by Crippen LogP contribution is -2.58. The van der Waals surface area contributed by atoms with Crippen LogP contribution in [-0.2, 0) is 0 Å². The molecule has 0 heterocycles. The van der Waals surface area contributed by atoms with E-state index in [9.17, 15) is 15.3 Å². The van der Waals surface area contributed by atoms with E-state index in [0.29, 0.717) is 30.1 Å². The Hall–Kier alpha value is -0.120. The first-order valence-corrected chi connectivity index (χ1v) is 8.71. The van der Waals surface area contributed by atoms with E-state index in [0.717, 1.165) is 18.8 Å². The van der Waals surface area contributed by atoms with Gasteiger partial charge in [0.1, 0.15) is 0 Å². The zero-order valence-corrected chi connectivity index (χ0v) is 12.2. The molecule has 4 saturated carbocycles. The Morgan fingerprint density at radius 3 is 2.25 bits per heavy atom. The molecule has 4 rings (SSSR count). The van der Waals surface area contributed by atoms with Gasteiger partial charge >= 0.3 is 0 Å². The third kappa shape index (κ3) is 1.89. The van der Waals surface area contributed by atoms with Crippen molar-refractivity contribution in [3.05, 3.63) is 0 Å². The summed E-state index contributed by atoms with van der Waals surface area (Å²) in [5, 5.41) is 31.2. The van der Waals surface area contributed by atoms with Crippen molar-refractivity contribution in [3.8, 4) is 0 Å². The zero-order chi connectivity index (χ0) is 13.9. The monoisotopic (exact) mass is 280 g/mol. The first kappa shape index (κ1) is 13.5. The zero-order valence-electron chi connectivity index (χ0n) is 12.2. The number of fused-ring (bicyclic) bond motifs is 5. The van der Waals surface area contributed by atoms with Gasteiger partial charge in [-0.15, -0.1) is 0 Å². The number of hydrogen-bond acceptors (Lipinski definition) is 3. The van der Waals surface area contributed by atoms with Crippen molar-refractivity contribution < 1.29 is 15.3 Å². The van der Waals surface area contributed by atoms with Gasteiger partial charge in [0.15, 0.2) is 0 Å². The van der Waals surface area contributed by atoms with Gasteiger partial charge in [0.2, 0.25) is 0 Å². The fourth-order valence-electron chi connectivity index (χ4n) is 6.46. The molecule has 0 aromatic rings. The van der Waals surface area contributed by atoms with Gasteiger partial charge in [0.05, 0.1) is 18.3 Å².